The number of rotatable bonds is 7. The fourth-order valence-corrected chi connectivity index (χ4v) is 9.07. The first-order valence-electron chi connectivity index (χ1n) is 18.9. The molecule has 2 aromatic heterocycles. The van der Waals surface area contributed by atoms with Gasteiger partial charge in [-0.15, -0.1) is 0 Å². The molecule has 0 bridgehead atoms. The van der Waals surface area contributed by atoms with Crippen molar-refractivity contribution in [3.8, 4) is 5.88 Å². The quantitative estimate of drug-likeness (QED) is 0.184. The Kier molecular flexibility index (Phi) is 10.8. The summed E-state index contributed by atoms with van der Waals surface area (Å²) in [7, 11) is -3.89. The fourth-order valence-electron chi connectivity index (χ4n) is 7.71. The van der Waals surface area contributed by atoms with E-state index in [-0.39, 0.29) is 30.6 Å². The smallest absolute Gasteiger partial charge is 0.272 e. The molecule has 5 N–H and O–H groups in total. The number of benzene rings is 2. The highest BCUT2D eigenvalue weighted by atomic mass is 32.2. The van der Waals surface area contributed by atoms with Crippen molar-refractivity contribution in [2.24, 2.45) is 5.92 Å². The van der Waals surface area contributed by atoms with Crippen LogP contribution in [0.25, 0.3) is 21.7 Å². The Labute approximate surface area is 324 Å². The van der Waals surface area contributed by atoms with E-state index in [1.165, 1.54) is 17.3 Å². The van der Waals surface area contributed by atoms with Crippen molar-refractivity contribution in [3.05, 3.63) is 84.5 Å². The molecular weight excluding hydrogens is 739 g/mol. The summed E-state index contributed by atoms with van der Waals surface area (Å²) in [6, 6.07) is 13.3. The highest BCUT2D eigenvalue weighted by molar-refractivity contribution is 7.91. The van der Waals surface area contributed by atoms with E-state index in [1.54, 1.807) is 6.92 Å². The zero-order chi connectivity index (χ0) is 38.3. The Morgan fingerprint density at radius 2 is 1.70 bits per heavy atom. The maximum absolute atomic E-state index is 14.6. The predicted octanol–water partition coefficient (Wildman–Crippen LogP) is 2.81. The number of aromatic nitrogens is 3. The molecule has 2 saturated carbocycles. The molecule has 2 aliphatic carbocycles. The number of hydrogen-bond acceptors (Lipinski definition) is 10. The van der Waals surface area contributed by atoms with Gasteiger partial charge >= 0.3 is 0 Å². The van der Waals surface area contributed by atoms with Gasteiger partial charge < -0.3 is 25.7 Å². The van der Waals surface area contributed by atoms with Gasteiger partial charge in [0.25, 0.3) is 11.8 Å². The number of carbonyl (C=O) groups excluding carboxylic acids is 4. The number of carbonyl (C=O) groups is 4. The van der Waals surface area contributed by atoms with Crippen LogP contribution < -0.4 is 20.1 Å². The Morgan fingerprint density at radius 3 is 2.45 bits per heavy atom. The predicted molar refractivity (Wildman–Crippen MR) is 207 cm³/mol. The summed E-state index contributed by atoms with van der Waals surface area (Å²) >= 11 is 0. The number of sulfonamides is 1. The minimum Gasteiger partial charge on any atom is -0.472 e. The second-order valence-electron chi connectivity index (χ2n) is 15.0. The lowest BCUT2D eigenvalue weighted by molar-refractivity contribution is -0.141. The molecule has 8 rings (SSSR count). The van der Waals surface area contributed by atoms with Gasteiger partial charge in [0.2, 0.25) is 27.7 Å². The summed E-state index contributed by atoms with van der Waals surface area (Å²) in [5.41, 5.74) is -0.0889. The van der Waals surface area contributed by atoms with E-state index in [1.807, 2.05) is 60.7 Å². The first-order chi connectivity index (χ1) is 26.5. The molecule has 2 aliphatic heterocycles. The molecule has 15 nitrogen and oxygen atoms in total. The highest BCUT2D eigenvalue weighted by Gasteiger charge is 2.62. The first kappa shape index (κ1) is 38.8. The summed E-state index contributed by atoms with van der Waals surface area (Å²) in [5.74, 6) is -2.52. The van der Waals surface area contributed by atoms with Crippen LogP contribution in [0.2, 0.25) is 0 Å². The van der Waals surface area contributed by atoms with Crippen molar-refractivity contribution in [2.75, 3.05) is 6.54 Å². The van der Waals surface area contributed by atoms with Crippen LogP contribution in [0.3, 0.4) is 0 Å². The lowest BCUT2D eigenvalue weighted by Crippen LogP contribution is -2.58. The number of amides is 4. The van der Waals surface area contributed by atoms with Crippen LogP contribution >= 0.6 is 0 Å². The van der Waals surface area contributed by atoms with Crippen molar-refractivity contribution >= 4 is 55.3 Å². The fraction of sp³-hybridized carbons (Fsp3) is 0.425. The molecule has 56 heavy (non-hydrogen) atoms. The van der Waals surface area contributed by atoms with Crippen molar-refractivity contribution < 1.29 is 37.8 Å². The summed E-state index contributed by atoms with van der Waals surface area (Å²) in [5, 5.41) is 7.79. The number of nitrogens with zero attached hydrogens (tertiary/aromatic N) is 4. The zero-order valence-electron chi connectivity index (χ0n) is 30.9. The van der Waals surface area contributed by atoms with Crippen molar-refractivity contribution in [2.45, 2.75) is 93.7 Å². The minimum absolute atomic E-state index is 0. The second kappa shape index (κ2) is 15.6. The third-order valence-corrected chi connectivity index (χ3v) is 12.8. The summed E-state index contributed by atoms with van der Waals surface area (Å²) in [4.78, 5) is 70.9. The third kappa shape index (κ3) is 7.80. The standard InChI is InChI=1S/C40H43N7O7S.H2O/c1-24-21-42-33(22-41-24)35(48)43-32-16-6-4-2-3-5-11-25-20-40(25,39(51)46-55(52,53)27-17-18-27)45-36(49)34-19-26(23-47(34)38(32)50)54-37-30-14-8-7-12-28(30)29-13-9-10-15-31(29)44-37;/h5,7-15,21-22,25-27,32,34H,2-4,6,16-20,23H2,1H3,(H,43,48)(H,45,49)(H,46,51);1H2/b11-5-;/t25-,26-,32+,34+,40-;/m1./s1. The number of ether oxygens (including phenoxy) is 1. The van der Waals surface area contributed by atoms with E-state index in [2.05, 4.69) is 25.3 Å². The molecule has 4 heterocycles. The summed E-state index contributed by atoms with van der Waals surface area (Å²) in [6.07, 6.45) is 10.4. The average Bonchev–Trinajstić information content (AvgIpc) is 4.11. The third-order valence-electron chi connectivity index (χ3n) is 11.0. The van der Waals surface area contributed by atoms with Crippen LogP contribution in [0.4, 0.5) is 0 Å². The van der Waals surface area contributed by atoms with E-state index in [0.717, 1.165) is 34.5 Å². The van der Waals surface area contributed by atoms with Crippen LogP contribution in [0.15, 0.2) is 73.1 Å². The zero-order valence-corrected chi connectivity index (χ0v) is 31.8. The Bertz CT molecular complexity index is 2320. The maximum atomic E-state index is 14.6. The van der Waals surface area contributed by atoms with Crippen molar-refractivity contribution in [3.63, 3.8) is 0 Å². The monoisotopic (exact) mass is 783 g/mol. The lowest BCUT2D eigenvalue weighted by atomic mass is 10.0. The number of allylic oxidation sites excluding steroid dienone is 1. The number of para-hydroxylation sites is 1. The maximum Gasteiger partial charge on any atom is 0.272 e. The minimum atomic E-state index is -3.89. The van der Waals surface area contributed by atoms with Gasteiger partial charge in [0.15, 0.2) is 0 Å². The molecule has 3 fully saturated rings. The van der Waals surface area contributed by atoms with Gasteiger partial charge in [-0.3, -0.25) is 28.9 Å². The van der Waals surface area contributed by atoms with Gasteiger partial charge in [-0.05, 0) is 63.0 Å². The molecule has 1 saturated heterocycles. The Balaban J connectivity index is 0.00000480. The number of aryl methyl sites for hydroxylation is 1. The van der Waals surface area contributed by atoms with Gasteiger partial charge in [-0.2, -0.15) is 0 Å². The van der Waals surface area contributed by atoms with Crippen LogP contribution in [0.1, 0.15) is 74.0 Å². The van der Waals surface area contributed by atoms with E-state index in [4.69, 9.17) is 9.72 Å². The molecule has 2 aromatic carbocycles. The van der Waals surface area contributed by atoms with Crippen LogP contribution in [-0.2, 0) is 24.4 Å². The van der Waals surface area contributed by atoms with E-state index < -0.39 is 68.5 Å². The number of hydrogen-bond donors (Lipinski definition) is 3. The van der Waals surface area contributed by atoms with E-state index >= 15 is 0 Å². The molecule has 0 unspecified atom stereocenters. The van der Waals surface area contributed by atoms with Gasteiger partial charge in [-0.1, -0.05) is 61.4 Å². The number of pyridine rings is 1. The number of fused-ring (bicyclic) bond motifs is 5. The second-order valence-corrected chi connectivity index (χ2v) is 17.0. The Morgan fingerprint density at radius 1 is 0.946 bits per heavy atom. The van der Waals surface area contributed by atoms with Crippen molar-refractivity contribution in [1.29, 1.82) is 0 Å². The normalized spacial score (nSPS) is 26.1. The topological polar surface area (TPSA) is 221 Å². The van der Waals surface area contributed by atoms with Gasteiger partial charge in [0.1, 0.15) is 29.4 Å². The Hall–Kier alpha value is -5.48. The average molecular weight is 784 g/mol. The molecular formula is C40H45N7O8S. The lowest BCUT2D eigenvalue weighted by Gasteiger charge is -2.29. The highest BCUT2D eigenvalue weighted by Crippen LogP contribution is 2.46. The van der Waals surface area contributed by atoms with Gasteiger partial charge in [-0.25, -0.2) is 18.4 Å². The molecule has 4 amide bonds. The van der Waals surface area contributed by atoms with Crippen LogP contribution in [-0.4, -0.2) is 92.9 Å². The summed E-state index contributed by atoms with van der Waals surface area (Å²) < 4.78 is 34.6. The largest absolute Gasteiger partial charge is 0.472 e. The van der Waals surface area contributed by atoms with Gasteiger partial charge in [0.05, 0.1) is 29.2 Å². The van der Waals surface area contributed by atoms with Crippen LogP contribution in [0.5, 0.6) is 5.88 Å². The van der Waals surface area contributed by atoms with Gasteiger partial charge in [0, 0.05) is 29.3 Å². The van der Waals surface area contributed by atoms with Crippen LogP contribution in [0, 0.1) is 12.8 Å². The van der Waals surface area contributed by atoms with E-state index in [9.17, 15) is 27.6 Å². The molecule has 4 aromatic rings. The molecule has 5 atom stereocenters. The number of nitrogens with one attached hydrogen (secondary N) is 3. The molecule has 294 valence electrons. The summed E-state index contributed by atoms with van der Waals surface area (Å²) in [6.45, 7) is 1.75. The first-order valence-corrected chi connectivity index (χ1v) is 20.5. The van der Waals surface area contributed by atoms with Crippen molar-refractivity contribution in [1.82, 2.24) is 35.2 Å². The van der Waals surface area contributed by atoms with E-state index in [0.29, 0.717) is 43.7 Å². The SMILES string of the molecule is Cc1cnc(C(=O)N[C@H]2CCCCC/C=C\[C@@H]3C[C@@]3(C(=O)NS(=O)(=O)C3CC3)NC(=O)[C@@H]3C[C@@H](Oc4nc5ccccc5c5ccccc45)CN3C2=O)cn1.O. The molecule has 0 radical (unpaired) electrons. The molecule has 16 heteroatoms. The molecule has 0 spiro atoms. The molecule has 4 aliphatic rings.